The van der Waals surface area contributed by atoms with Gasteiger partial charge in [-0.15, -0.1) is 0 Å². The number of hydrogen-bond acceptors (Lipinski definition) is 4. The van der Waals surface area contributed by atoms with Crippen molar-refractivity contribution in [2.45, 2.75) is 19.4 Å². The minimum atomic E-state index is -0.333. The molecule has 5 N–H and O–H groups in total. The zero-order valence-electron chi connectivity index (χ0n) is 16.2. The summed E-state index contributed by atoms with van der Waals surface area (Å²) >= 11 is 0. The lowest BCUT2D eigenvalue weighted by atomic mass is 10.0. The minimum Gasteiger partial charge on any atom is -0.497 e. The van der Waals surface area contributed by atoms with Crippen molar-refractivity contribution in [1.29, 1.82) is 0 Å². The summed E-state index contributed by atoms with van der Waals surface area (Å²) in [5.74, 6) is 0.705. The van der Waals surface area contributed by atoms with Crippen LogP contribution in [0.25, 0.3) is 10.9 Å². The van der Waals surface area contributed by atoms with Crippen LogP contribution in [0.5, 0.6) is 11.6 Å². The Morgan fingerprint density at radius 1 is 1.14 bits per heavy atom. The molecule has 0 radical (unpaired) electrons. The molecule has 0 aliphatic carbocycles. The number of nitrogens with one attached hydrogen (secondary N) is 2. The van der Waals surface area contributed by atoms with Crippen LogP contribution in [0, 0.1) is 0 Å². The number of methoxy groups -OCH3 is 1. The molecule has 29 heavy (non-hydrogen) atoms. The van der Waals surface area contributed by atoms with Crippen LogP contribution < -0.4 is 16.2 Å². The average Bonchev–Trinajstić information content (AvgIpc) is 3.24. The van der Waals surface area contributed by atoms with Crippen molar-refractivity contribution in [3.63, 3.8) is 0 Å². The van der Waals surface area contributed by atoms with Crippen molar-refractivity contribution in [3.8, 4) is 11.6 Å². The standard InChI is InChI=1S/C22H24N4O3/c1-29-17-5-2-14(3-6-17)13-26-21(27)20(25-22(26)28)11-15-4-7-19-18(10-15)16(8-9-23)12-24-19/h2-7,10,12,24,27H,8-9,11,13,23H2,1H3,(H,25,28). The van der Waals surface area contributed by atoms with Gasteiger partial charge in [-0.05, 0) is 53.9 Å². The molecule has 4 rings (SSSR count). The molecule has 0 aliphatic heterocycles. The first-order valence-corrected chi connectivity index (χ1v) is 9.51. The Balaban J connectivity index is 1.59. The smallest absolute Gasteiger partial charge is 0.328 e. The van der Waals surface area contributed by atoms with Crippen LogP contribution in [0.15, 0.2) is 53.5 Å². The third kappa shape index (κ3) is 3.77. The van der Waals surface area contributed by atoms with Gasteiger partial charge in [-0.25, -0.2) is 4.79 Å². The molecule has 0 fully saturated rings. The SMILES string of the molecule is COc1ccc(Cn2c(O)c(Cc3ccc4[nH]cc(CCN)c4c3)[nH]c2=O)cc1. The number of rotatable bonds is 7. The predicted octanol–water partition coefficient (Wildman–Crippen LogP) is 2.51. The lowest BCUT2D eigenvalue weighted by Crippen LogP contribution is -2.17. The molecule has 0 bridgehead atoms. The van der Waals surface area contributed by atoms with Gasteiger partial charge < -0.3 is 25.5 Å². The van der Waals surface area contributed by atoms with Gasteiger partial charge in [0.2, 0.25) is 5.88 Å². The molecule has 2 aromatic carbocycles. The number of benzene rings is 2. The van der Waals surface area contributed by atoms with Crippen molar-refractivity contribution in [3.05, 3.63) is 81.5 Å². The molecular formula is C22H24N4O3. The summed E-state index contributed by atoms with van der Waals surface area (Å²) in [6.45, 7) is 0.863. The van der Waals surface area contributed by atoms with Crippen LogP contribution in [-0.2, 0) is 19.4 Å². The molecule has 0 amide bonds. The van der Waals surface area contributed by atoms with Gasteiger partial charge >= 0.3 is 5.69 Å². The summed E-state index contributed by atoms with van der Waals surface area (Å²) in [4.78, 5) is 18.4. The highest BCUT2D eigenvalue weighted by atomic mass is 16.5. The van der Waals surface area contributed by atoms with Crippen molar-refractivity contribution in [2.75, 3.05) is 13.7 Å². The van der Waals surface area contributed by atoms with Crippen LogP contribution in [0.1, 0.15) is 22.4 Å². The largest absolute Gasteiger partial charge is 0.497 e. The molecular weight excluding hydrogens is 368 g/mol. The number of aromatic amines is 2. The normalized spacial score (nSPS) is 11.2. The van der Waals surface area contributed by atoms with E-state index in [1.54, 1.807) is 7.11 Å². The lowest BCUT2D eigenvalue weighted by molar-refractivity contribution is 0.413. The number of nitrogens with two attached hydrogens (primary N) is 1. The quantitative estimate of drug-likeness (QED) is 0.387. The Hall–Kier alpha value is -3.45. The van der Waals surface area contributed by atoms with Crippen LogP contribution in [0.2, 0.25) is 0 Å². The molecule has 2 aromatic heterocycles. The summed E-state index contributed by atoms with van der Waals surface area (Å²) in [6.07, 6.45) is 3.20. The van der Waals surface area contributed by atoms with E-state index >= 15 is 0 Å². The Bertz CT molecular complexity index is 1190. The summed E-state index contributed by atoms with van der Waals surface area (Å²) in [5, 5.41) is 11.7. The number of ether oxygens (including phenoxy) is 1. The fourth-order valence-corrected chi connectivity index (χ4v) is 3.60. The van der Waals surface area contributed by atoms with Gasteiger partial charge in [0.15, 0.2) is 0 Å². The first kappa shape index (κ1) is 18.9. The zero-order chi connectivity index (χ0) is 20.4. The van der Waals surface area contributed by atoms with Gasteiger partial charge in [-0.2, -0.15) is 0 Å². The number of aromatic hydroxyl groups is 1. The average molecular weight is 392 g/mol. The molecule has 0 aliphatic rings. The van der Waals surface area contributed by atoms with Gasteiger partial charge in [-0.3, -0.25) is 4.57 Å². The molecule has 7 nitrogen and oxygen atoms in total. The van der Waals surface area contributed by atoms with Gasteiger partial charge in [-0.1, -0.05) is 18.2 Å². The third-order valence-electron chi connectivity index (χ3n) is 5.15. The first-order valence-electron chi connectivity index (χ1n) is 9.51. The van der Waals surface area contributed by atoms with E-state index in [1.807, 2.05) is 42.6 Å². The number of fused-ring (bicyclic) bond motifs is 1. The molecule has 7 heteroatoms. The number of nitrogens with zero attached hydrogens (tertiary/aromatic N) is 1. The van der Waals surface area contributed by atoms with Gasteiger partial charge in [0.25, 0.3) is 0 Å². The van der Waals surface area contributed by atoms with E-state index in [4.69, 9.17) is 10.5 Å². The van der Waals surface area contributed by atoms with Gasteiger partial charge in [0.05, 0.1) is 19.3 Å². The van der Waals surface area contributed by atoms with Gasteiger partial charge in [0.1, 0.15) is 5.75 Å². The number of H-pyrrole nitrogens is 2. The van der Waals surface area contributed by atoms with E-state index < -0.39 is 0 Å². The van der Waals surface area contributed by atoms with E-state index in [9.17, 15) is 9.90 Å². The maximum Gasteiger partial charge on any atom is 0.328 e. The Labute approximate surface area is 167 Å². The second kappa shape index (κ2) is 7.89. The zero-order valence-corrected chi connectivity index (χ0v) is 16.2. The van der Waals surface area contributed by atoms with Crippen molar-refractivity contribution < 1.29 is 9.84 Å². The fraction of sp³-hybridized carbons (Fsp3) is 0.227. The molecule has 4 aromatic rings. The van der Waals surface area contributed by atoms with Crippen molar-refractivity contribution in [1.82, 2.24) is 14.5 Å². The highest BCUT2D eigenvalue weighted by Gasteiger charge is 2.15. The maximum absolute atomic E-state index is 12.4. The summed E-state index contributed by atoms with van der Waals surface area (Å²) in [5.41, 5.74) is 9.97. The molecule has 0 unspecified atom stereocenters. The number of aromatic nitrogens is 3. The second-order valence-electron chi connectivity index (χ2n) is 7.08. The van der Waals surface area contributed by atoms with Crippen LogP contribution >= 0.6 is 0 Å². The van der Waals surface area contributed by atoms with E-state index in [-0.39, 0.29) is 18.1 Å². The highest BCUT2D eigenvalue weighted by molar-refractivity contribution is 5.84. The summed E-state index contributed by atoms with van der Waals surface area (Å²) in [6, 6.07) is 13.5. The van der Waals surface area contributed by atoms with Crippen LogP contribution in [-0.4, -0.2) is 33.3 Å². The van der Waals surface area contributed by atoms with E-state index in [2.05, 4.69) is 16.0 Å². The van der Waals surface area contributed by atoms with Crippen molar-refractivity contribution in [2.24, 2.45) is 5.73 Å². The Morgan fingerprint density at radius 2 is 1.90 bits per heavy atom. The highest BCUT2D eigenvalue weighted by Crippen LogP contribution is 2.24. The molecule has 2 heterocycles. The number of hydrogen-bond donors (Lipinski definition) is 4. The molecule has 0 saturated carbocycles. The molecule has 0 spiro atoms. The monoisotopic (exact) mass is 392 g/mol. The Kier molecular flexibility index (Phi) is 5.14. The fourth-order valence-electron chi connectivity index (χ4n) is 3.60. The maximum atomic E-state index is 12.4. The molecule has 0 atom stereocenters. The molecule has 150 valence electrons. The molecule has 0 saturated heterocycles. The van der Waals surface area contributed by atoms with Crippen LogP contribution in [0.4, 0.5) is 0 Å². The minimum absolute atomic E-state index is 0.0397. The van der Waals surface area contributed by atoms with Crippen molar-refractivity contribution >= 4 is 10.9 Å². The van der Waals surface area contributed by atoms with E-state index in [0.717, 1.165) is 34.2 Å². The first-order chi connectivity index (χ1) is 14.1. The van der Waals surface area contributed by atoms with E-state index in [0.29, 0.717) is 18.7 Å². The third-order valence-corrected chi connectivity index (χ3v) is 5.15. The lowest BCUT2D eigenvalue weighted by Gasteiger charge is -2.06. The topological polar surface area (TPSA) is 109 Å². The van der Waals surface area contributed by atoms with Gasteiger partial charge in [0, 0.05) is 23.5 Å². The second-order valence-corrected chi connectivity index (χ2v) is 7.08. The summed E-state index contributed by atoms with van der Waals surface area (Å²) < 4.78 is 6.49. The predicted molar refractivity (Wildman–Crippen MR) is 113 cm³/mol. The summed E-state index contributed by atoms with van der Waals surface area (Å²) in [7, 11) is 1.60. The van der Waals surface area contributed by atoms with E-state index in [1.165, 1.54) is 10.1 Å². The van der Waals surface area contributed by atoms with Crippen LogP contribution in [0.3, 0.4) is 0 Å². The number of imidazole rings is 1. The Morgan fingerprint density at radius 3 is 2.62 bits per heavy atom.